The monoisotopic (exact) mass is 285 g/mol. The molecule has 3 aromatic rings. The fourth-order valence-corrected chi connectivity index (χ4v) is 1.79. The lowest BCUT2D eigenvalue weighted by Crippen LogP contribution is -2.11. The molecule has 0 aliphatic carbocycles. The highest BCUT2D eigenvalue weighted by molar-refractivity contribution is 5.56. The predicted octanol–water partition coefficient (Wildman–Crippen LogP) is 1.83. The molecule has 0 saturated heterocycles. The molecule has 0 fully saturated rings. The number of hydrogen-bond donors (Lipinski definition) is 3. The minimum absolute atomic E-state index is 0.291. The van der Waals surface area contributed by atoms with E-state index in [0.29, 0.717) is 23.3 Å². The highest BCUT2D eigenvalue weighted by Crippen LogP contribution is 2.18. The van der Waals surface area contributed by atoms with Crippen LogP contribution in [0.2, 0.25) is 0 Å². The van der Waals surface area contributed by atoms with Crippen LogP contribution in [0.3, 0.4) is 0 Å². The van der Waals surface area contributed by atoms with Crippen molar-refractivity contribution in [2.24, 2.45) is 5.84 Å². The van der Waals surface area contributed by atoms with Gasteiger partial charge in [-0.15, -0.1) is 0 Å². The van der Waals surface area contributed by atoms with Crippen molar-refractivity contribution in [1.29, 1.82) is 0 Å². The van der Waals surface area contributed by atoms with Crippen LogP contribution in [0.15, 0.2) is 49.1 Å². The number of nitrogens with two attached hydrogens (primary N) is 1. The Hall–Kier alpha value is -3.00. The summed E-state index contributed by atoms with van der Waals surface area (Å²) in [5.41, 5.74) is 3.01. The summed E-state index contributed by atoms with van der Waals surface area (Å²) in [7, 11) is 0. The van der Waals surface area contributed by atoms with Crippen molar-refractivity contribution in [1.82, 2.24) is 19.5 Å². The van der Waals surface area contributed by atoms with E-state index in [0.717, 1.165) is 0 Å². The van der Waals surface area contributed by atoms with Gasteiger partial charge in [-0.1, -0.05) is 6.07 Å². The minimum atomic E-state index is -0.345. The van der Waals surface area contributed by atoms with E-state index in [1.165, 1.54) is 12.1 Å². The quantitative estimate of drug-likeness (QED) is 0.500. The first-order valence-corrected chi connectivity index (χ1v) is 6.11. The summed E-state index contributed by atoms with van der Waals surface area (Å²) >= 11 is 0. The molecular weight excluding hydrogens is 273 g/mol. The summed E-state index contributed by atoms with van der Waals surface area (Å²) in [5.74, 6) is 6.35. The first kappa shape index (κ1) is 13.0. The lowest BCUT2D eigenvalue weighted by Gasteiger charge is -2.09. The van der Waals surface area contributed by atoms with Gasteiger partial charge in [-0.3, -0.25) is 4.57 Å². The van der Waals surface area contributed by atoms with Crippen molar-refractivity contribution in [2.45, 2.75) is 0 Å². The lowest BCUT2D eigenvalue weighted by molar-refractivity contribution is 0.628. The van der Waals surface area contributed by atoms with E-state index < -0.39 is 0 Å². The first-order valence-electron chi connectivity index (χ1n) is 6.11. The molecule has 2 aromatic heterocycles. The molecule has 0 aliphatic heterocycles. The van der Waals surface area contributed by atoms with Crippen LogP contribution in [-0.2, 0) is 0 Å². The van der Waals surface area contributed by atoms with E-state index in [1.54, 1.807) is 41.5 Å². The number of imidazole rings is 1. The fraction of sp³-hybridized carbons (Fsp3) is 0. The highest BCUT2D eigenvalue weighted by Gasteiger charge is 2.06. The normalized spacial score (nSPS) is 10.4. The van der Waals surface area contributed by atoms with Crippen LogP contribution in [0.5, 0.6) is 0 Å². The van der Waals surface area contributed by atoms with Crippen LogP contribution in [0.1, 0.15) is 0 Å². The van der Waals surface area contributed by atoms with Crippen LogP contribution >= 0.6 is 0 Å². The molecule has 0 bridgehead atoms. The van der Waals surface area contributed by atoms with Crippen molar-refractivity contribution in [3.8, 4) is 5.82 Å². The van der Waals surface area contributed by atoms with Crippen LogP contribution in [0, 0.1) is 5.82 Å². The Kier molecular flexibility index (Phi) is 3.44. The zero-order valence-electron chi connectivity index (χ0n) is 10.9. The zero-order chi connectivity index (χ0) is 14.7. The lowest BCUT2D eigenvalue weighted by atomic mass is 10.3. The fourth-order valence-electron chi connectivity index (χ4n) is 1.79. The molecule has 8 heteroatoms. The van der Waals surface area contributed by atoms with E-state index in [4.69, 9.17) is 5.84 Å². The third-order valence-electron chi connectivity index (χ3n) is 2.71. The van der Waals surface area contributed by atoms with Crippen molar-refractivity contribution < 1.29 is 4.39 Å². The largest absolute Gasteiger partial charge is 0.324 e. The number of aromatic nitrogens is 4. The van der Waals surface area contributed by atoms with E-state index in [-0.39, 0.29) is 5.82 Å². The van der Waals surface area contributed by atoms with Gasteiger partial charge in [0.2, 0.25) is 5.95 Å². The van der Waals surface area contributed by atoms with Gasteiger partial charge in [0.1, 0.15) is 23.8 Å². The SMILES string of the molecule is NNc1cc(-n2ccnc2)nc(Nc2cccc(F)c2)n1. The van der Waals surface area contributed by atoms with Crippen molar-refractivity contribution in [3.63, 3.8) is 0 Å². The number of hydrogen-bond acceptors (Lipinski definition) is 6. The Morgan fingerprint density at radius 2 is 2.10 bits per heavy atom. The van der Waals surface area contributed by atoms with Gasteiger partial charge < -0.3 is 10.7 Å². The molecular formula is C13H12FN7. The summed E-state index contributed by atoms with van der Waals surface area (Å²) in [6.07, 6.45) is 4.99. The van der Waals surface area contributed by atoms with Gasteiger partial charge in [-0.25, -0.2) is 15.2 Å². The molecule has 0 radical (unpaired) electrons. The summed E-state index contributed by atoms with van der Waals surface area (Å²) in [4.78, 5) is 12.5. The average molecular weight is 285 g/mol. The van der Waals surface area contributed by atoms with E-state index in [2.05, 4.69) is 25.7 Å². The van der Waals surface area contributed by atoms with Crippen LogP contribution in [0.4, 0.5) is 21.8 Å². The molecule has 0 unspecified atom stereocenters. The predicted molar refractivity (Wildman–Crippen MR) is 76.6 cm³/mol. The molecule has 0 amide bonds. The van der Waals surface area contributed by atoms with E-state index in [1.807, 2.05) is 0 Å². The van der Waals surface area contributed by atoms with E-state index >= 15 is 0 Å². The third kappa shape index (κ3) is 2.95. The molecule has 0 saturated carbocycles. The number of benzene rings is 1. The Morgan fingerprint density at radius 3 is 2.81 bits per heavy atom. The van der Waals surface area contributed by atoms with Crippen molar-refractivity contribution >= 4 is 17.5 Å². The topological polar surface area (TPSA) is 93.7 Å². The maximum absolute atomic E-state index is 13.2. The second kappa shape index (κ2) is 5.55. The molecule has 0 atom stereocenters. The standard InChI is InChI=1S/C13H12FN7/c14-9-2-1-3-10(6-9)17-13-18-11(20-15)7-12(19-13)21-5-4-16-8-21/h1-8H,15H2,(H2,17,18,19,20). The van der Waals surface area contributed by atoms with Gasteiger partial charge in [0.25, 0.3) is 0 Å². The van der Waals surface area contributed by atoms with Crippen LogP contribution < -0.4 is 16.6 Å². The van der Waals surface area contributed by atoms with Crippen LogP contribution in [0.25, 0.3) is 5.82 Å². The Morgan fingerprint density at radius 1 is 1.19 bits per heavy atom. The second-order valence-corrected chi connectivity index (χ2v) is 4.18. The van der Waals surface area contributed by atoms with Gasteiger partial charge in [0.05, 0.1) is 0 Å². The number of nitrogen functional groups attached to an aromatic ring is 1. The molecule has 2 heterocycles. The number of nitrogens with one attached hydrogen (secondary N) is 2. The Bertz CT molecular complexity index is 742. The summed E-state index contributed by atoms with van der Waals surface area (Å²) in [6, 6.07) is 7.69. The molecule has 0 spiro atoms. The first-order chi connectivity index (χ1) is 10.2. The zero-order valence-corrected chi connectivity index (χ0v) is 10.9. The number of halogens is 1. The molecule has 106 valence electrons. The maximum Gasteiger partial charge on any atom is 0.231 e. The van der Waals surface area contributed by atoms with Gasteiger partial charge in [0.15, 0.2) is 0 Å². The molecule has 7 nitrogen and oxygen atoms in total. The van der Waals surface area contributed by atoms with E-state index in [9.17, 15) is 4.39 Å². The second-order valence-electron chi connectivity index (χ2n) is 4.18. The number of nitrogens with zero attached hydrogens (tertiary/aromatic N) is 4. The molecule has 1 aromatic carbocycles. The Balaban J connectivity index is 1.96. The molecule has 0 aliphatic rings. The maximum atomic E-state index is 13.2. The van der Waals surface area contributed by atoms with Gasteiger partial charge in [-0.05, 0) is 18.2 Å². The van der Waals surface area contributed by atoms with Crippen molar-refractivity contribution in [3.05, 3.63) is 54.9 Å². The highest BCUT2D eigenvalue weighted by atomic mass is 19.1. The van der Waals surface area contributed by atoms with Gasteiger partial charge in [0, 0.05) is 24.1 Å². The molecule has 3 rings (SSSR count). The summed E-state index contributed by atoms with van der Waals surface area (Å²) in [6.45, 7) is 0. The number of hydrazine groups is 1. The average Bonchev–Trinajstić information content (AvgIpc) is 3.01. The third-order valence-corrected chi connectivity index (χ3v) is 2.71. The number of rotatable bonds is 4. The Labute approximate surface area is 119 Å². The van der Waals surface area contributed by atoms with Crippen LogP contribution in [-0.4, -0.2) is 19.5 Å². The minimum Gasteiger partial charge on any atom is -0.324 e. The van der Waals surface area contributed by atoms with Gasteiger partial charge in [-0.2, -0.15) is 9.97 Å². The van der Waals surface area contributed by atoms with Crippen molar-refractivity contribution in [2.75, 3.05) is 10.7 Å². The number of anilines is 3. The van der Waals surface area contributed by atoms with Gasteiger partial charge >= 0.3 is 0 Å². The summed E-state index contributed by atoms with van der Waals surface area (Å²) < 4.78 is 14.9. The molecule has 4 N–H and O–H groups in total. The summed E-state index contributed by atoms with van der Waals surface area (Å²) in [5, 5.41) is 2.93. The molecule has 21 heavy (non-hydrogen) atoms. The smallest absolute Gasteiger partial charge is 0.231 e.